The van der Waals surface area contributed by atoms with Crippen molar-refractivity contribution in [1.82, 2.24) is 0 Å². The first-order valence-electron chi connectivity index (χ1n) is 18.3. The van der Waals surface area contributed by atoms with Crippen molar-refractivity contribution in [2.24, 2.45) is 0 Å². The predicted octanol–water partition coefficient (Wildman–Crippen LogP) is 13.2. The maximum Gasteiger partial charge on any atom is 0.143 e. The van der Waals surface area contributed by atoms with Gasteiger partial charge in [0.15, 0.2) is 0 Å². The summed E-state index contributed by atoms with van der Waals surface area (Å²) in [4.78, 5) is 0. The van der Waals surface area contributed by atoms with Gasteiger partial charge < -0.3 is 4.42 Å². The van der Waals surface area contributed by atoms with Gasteiger partial charge >= 0.3 is 0 Å². The predicted molar refractivity (Wildman–Crippen MR) is 200 cm³/mol. The van der Waals surface area contributed by atoms with Crippen LogP contribution < -0.4 is 0 Å². The Morgan fingerprint density at radius 2 is 0.936 bits per heavy atom. The number of furan rings is 1. The van der Waals surface area contributed by atoms with Crippen LogP contribution in [0.4, 0.5) is 0 Å². The average Bonchev–Trinajstić information content (AvgIpc) is 3.56. The number of hydrogen-bond acceptors (Lipinski definition) is 1. The third kappa shape index (κ3) is 3.97. The lowest BCUT2D eigenvalue weighted by molar-refractivity contribution is 0.673. The number of benzene rings is 9. The highest BCUT2D eigenvalue weighted by molar-refractivity contribution is 6.24. The van der Waals surface area contributed by atoms with E-state index in [-0.39, 0.29) is 29.7 Å². The molecule has 0 aliphatic heterocycles. The van der Waals surface area contributed by atoms with E-state index in [0.717, 1.165) is 54.2 Å². The van der Waals surface area contributed by atoms with Crippen molar-refractivity contribution in [2.45, 2.75) is 0 Å². The van der Waals surface area contributed by atoms with Crippen molar-refractivity contribution in [3.63, 3.8) is 0 Å². The van der Waals surface area contributed by atoms with Gasteiger partial charge in [0.25, 0.3) is 0 Å². The van der Waals surface area contributed by atoms with E-state index >= 15 is 0 Å². The van der Waals surface area contributed by atoms with E-state index in [1.165, 1.54) is 21.9 Å². The van der Waals surface area contributed by atoms with Crippen molar-refractivity contribution in [3.05, 3.63) is 170 Å². The normalized spacial score (nSPS) is 13.3. The van der Waals surface area contributed by atoms with Crippen LogP contribution in [0.5, 0.6) is 0 Å². The Balaban J connectivity index is 1.27. The molecule has 10 rings (SSSR count). The van der Waals surface area contributed by atoms with Gasteiger partial charge in [-0.05, 0) is 95.3 Å². The standard InChI is InChI=1S/C46H28O/c1-2-13-30(14-3-1)40-28-42-41-27-33(24-25-43(41)47-46(42)39-21-11-6-16-34(39)40)45-37-19-9-7-17-35(37)44(36-18-8-10-20-38(36)45)32-23-22-29-12-4-5-15-31(29)26-32/h1-28H/i1D,2D,3D,13D,14D. The van der Waals surface area contributed by atoms with Crippen LogP contribution in [0, 0.1) is 0 Å². The molecule has 0 radical (unpaired) electrons. The van der Waals surface area contributed by atoms with Crippen molar-refractivity contribution in [2.75, 3.05) is 0 Å². The number of hydrogen-bond donors (Lipinski definition) is 0. The maximum atomic E-state index is 8.81. The van der Waals surface area contributed by atoms with Crippen LogP contribution in [0.25, 0.3) is 98.4 Å². The summed E-state index contributed by atoms with van der Waals surface area (Å²) in [6.07, 6.45) is 0. The Labute approximate surface area is 279 Å². The van der Waals surface area contributed by atoms with Gasteiger partial charge in [-0.25, -0.2) is 0 Å². The van der Waals surface area contributed by atoms with Crippen LogP contribution in [-0.2, 0) is 0 Å². The third-order valence-electron chi connectivity index (χ3n) is 9.50. The molecule has 0 fully saturated rings. The molecule has 0 spiro atoms. The van der Waals surface area contributed by atoms with Crippen LogP contribution in [0.1, 0.15) is 6.85 Å². The van der Waals surface area contributed by atoms with Gasteiger partial charge in [0.1, 0.15) is 11.2 Å². The smallest absolute Gasteiger partial charge is 0.143 e. The summed E-state index contributed by atoms with van der Waals surface area (Å²) in [5, 5.41) is 10.3. The highest BCUT2D eigenvalue weighted by Crippen LogP contribution is 2.46. The molecule has 0 aliphatic carbocycles. The van der Waals surface area contributed by atoms with Gasteiger partial charge in [-0.3, -0.25) is 0 Å². The zero-order valence-corrected chi connectivity index (χ0v) is 25.2. The second-order valence-corrected chi connectivity index (χ2v) is 12.1. The molecule has 1 aromatic heterocycles. The highest BCUT2D eigenvalue weighted by atomic mass is 16.3. The Hall–Kier alpha value is -6.18. The zero-order valence-electron chi connectivity index (χ0n) is 30.2. The summed E-state index contributed by atoms with van der Waals surface area (Å²) >= 11 is 0. The lowest BCUT2D eigenvalue weighted by Crippen LogP contribution is -1.91. The Kier molecular flexibility index (Phi) is 4.66. The minimum atomic E-state index is -0.409. The third-order valence-corrected chi connectivity index (χ3v) is 9.50. The molecule has 0 unspecified atom stereocenters. The van der Waals surface area contributed by atoms with E-state index in [0.29, 0.717) is 16.7 Å². The summed E-state index contributed by atoms with van der Waals surface area (Å²) in [5.74, 6) is 0. The van der Waals surface area contributed by atoms with Gasteiger partial charge in [-0.15, -0.1) is 0 Å². The lowest BCUT2D eigenvalue weighted by Gasteiger charge is -2.18. The molecule has 218 valence electrons. The molecular weight excluding hydrogens is 569 g/mol. The van der Waals surface area contributed by atoms with Crippen LogP contribution in [0.2, 0.25) is 0 Å². The zero-order chi connectivity index (χ0) is 35.2. The van der Waals surface area contributed by atoms with Crippen LogP contribution >= 0.6 is 0 Å². The van der Waals surface area contributed by atoms with E-state index in [9.17, 15) is 0 Å². The Morgan fingerprint density at radius 3 is 1.62 bits per heavy atom. The fourth-order valence-corrected chi connectivity index (χ4v) is 7.44. The molecule has 0 aliphatic rings. The fraction of sp³-hybridized carbons (Fsp3) is 0. The molecule has 1 heterocycles. The van der Waals surface area contributed by atoms with E-state index in [2.05, 4.69) is 103 Å². The largest absolute Gasteiger partial charge is 0.455 e. The first-order valence-corrected chi connectivity index (χ1v) is 15.8. The first-order chi connectivity index (χ1) is 25.4. The molecule has 0 N–H and O–H groups in total. The monoisotopic (exact) mass is 601 g/mol. The van der Waals surface area contributed by atoms with Gasteiger partial charge in [-0.2, -0.15) is 0 Å². The second kappa shape index (κ2) is 10.2. The summed E-state index contributed by atoms with van der Waals surface area (Å²) in [6, 6.07) is 46.7. The summed E-state index contributed by atoms with van der Waals surface area (Å²) in [7, 11) is 0. The van der Waals surface area contributed by atoms with E-state index in [1.54, 1.807) is 0 Å². The molecule has 47 heavy (non-hydrogen) atoms. The SMILES string of the molecule is [2H]c1c([2H])c([2H])c(-c2cc3c4cc(-c5c6ccccc6c(-c6ccc7ccccc7c6)c6ccccc56)ccc4oc3c3ccccc23)c([2H])c1[2H]. The first kappa shape index (κ1) is 21.5. The van der Waals surface area contributed by atoms with E-state index in [4.69, 9.17) is 11.3 Å². The number of rotatable bonds is 3. The second-order valence-electron chi connectivity index (χ2n) is 12.1. The van der Waals surface area contributed by atoms with Crippen molar-refractivity contribution < 1.29 is 11.3 Å². The van der Waals surface area contributed by atoms with Gasteiger partial charge in [0.2, 0.25) is 0 Å². The quantitative estimate of drug-likeness (QED) is 0.184. The minimum Gasteiger partial charge on any atom is -0.455 e. The lowest BCUT2D eigenvalue weighted by atomic mass is 9.85. The molecule has 0 bridgehead atoms. The van der Waals surface area contributed by atoms with Crippen molar-refractivity contribution >= 4 is 65.0 Å². The average molecular weight is 602 g/mol. The summed E-state index contributed by atoms with van der Waals surface area (Å²) in [6.45, 7) is 0. The van der Waals surface area contributed by atoms with Gasteiger partial charge in [0.05, 0.1) is 6.85 Å². The highest BCUT2D eigenvalue weighted by Gasteiger charge is 2.19. The summed E-state index contributed by atoms with van der Waals surface area (Å²) < 4.78 is 49.1. The molecule has 0 atom stereocenters. The van der Waals surface area contributed by atoms with Gasteiger partial charge in [0, 0.05) is 16.2 Å². The van der Waals surface area contributed by atoms with Crippen molar-refractivity contribution in [1.29, 1.82) is 0 Å². The van der Waals surface area contributed by atoms with E-state index < -0.39 is 6.04 Å². The van der Waals surface area contributed by atoms with Crippen LogP contribution in [-0.4, -0.2) is 0 Å². The maximum absolute atomic E-state index is 8.81. The topological polar surface area (TPSA) is 13.1 Å². The Morgan fingerprint density at radius 1 is 0.383 bits per heavy atom. The molecular formula is C46H28O. The molecule has 1 nitrogen and oxygen atoms in total. The van der Waals surface area contributed by atoms with Crippen molar-refractivity contribution in [3.8, 4) is 33.4 Å². The van der Waals surface area contributed by atoms with Crippen LogP contribution in [0.15, 0.2) is 174 Å². The molecule has 0 amide bonds. The molecule has 0 saturated heterocycles. The van der Waals surface area contributed by atoms with E-state index in [1.807, 2.05) is 36.4 Å². The number of fused-ring (bicyclic) bond motifs is 8. The molecule has 1 heteroatoms. The Bertz CT molecular complexity index is 3050. The molecule has 0 saturated carbocycles. The molecule has 10 aromatic rings. The summed E-state index contributed by atoms with van der Waals surface area (Å²) in [5.41, 5.74) is 6.68. The van der Waals surface area contributed by atoms with Crippen LogP contribution in [0.3, 0.4) is 0 Å². The molecule has 9 aromatic carbocycles. The minimum absolute atomic E-state index is 0.177. The van der Waals surface area contributed by atoms with Gasteiger partial charge in [-0.1, -0.05) is 145 Å². The fourth-order valence-electron chi connectivity index (χ4n) is 7.44.